The Hall–Kier alpha value is -1.98. The van der Waals surface area contributed by atoms with Crippen LogP contribution in [0.1, 0.15) is 41.7 Å². The number of Topliss-reactive ketones (excluding diaryl/α,β-unsaturated/α-hetero) is 1. The molecule has 1 saturated carbocycles. The van der Waals surface area contributed by atoms with Crippen LogP contribution in [0.25, 0.3) is 16.5 Å². The minimum Gasteiger partial charge on any atom is -0.377 e. The van der Waals surface area contributed by atoms with Crippen LogP contribution in [0, 0.1) is 11.8 Å². The number of nitrogens with one attached hydrogen (secondary N) is 1. The molecule has 0 amide bonds. The molecule has 1 aromatic heterocycles. The first-order valence-corrected chi connectivity index (χ1v) is 9.68. The highest BCUT2D eigenvalue weighted by molar-refractivity contribution is 6.06. The number of fused-ring (bicyclic) bond motifs is 3. The first-order chi connectivity index (χ1) is 12.7. The van der Waals surface area contributed by atoms with Gasteiger partial charge in [0.2, 0.25) is 0 Å². The Morgan fingerprint density at radius 3 is 3.04 bits per heavy atom. The third-order valence-electron chi connectivity index (χ3n) is 6.57. The molecule has 3 aliphatic rings. The van der Waals surface area contributed by atoms with Gasteiger partial charge in [0.15, 0.2) is 5.78 Å². The van der Waals surface area contributed by atoms with E-state index in [1.165, 1.54) is 17.6 Å². The maximum atomic E-state index is 13.0. The number of aromatic amines is 1. The van der Waals surface area contributed by atoms with Gasteiger partial charge >= 0.3 is 0 Å². The summed E-state index contributed by atoms with van der Waals surface area (Å²) >= 11 is 0. The number of likely N-dealkylation sites (tertiary alicyclic amines) is 1. The van der Waals surface area contributed by atoms with Crippen LogP contribution in [-0.2, 0) is 4.74 Å². The number of rotatable bonds is 4. The number of H-pyrrole nitrogens is 1. The van der Waals surface area contributed by atoms with E-state index in [2.05, 4.69) is 40.4 Å². The molecule has 2 aliphatic heterocycles. The lowest BCUT2D eigenvalue weighted by Crippen LogP contribution is -2.32. The van der Waals surface area contributed by atoms with Crippen LogP contribution in [0.2, 0.25) is 0 Å². The number of carbonyl (C=O) groups is 1. The van der Waals surface area contributed by atoms with Crippen LogP contribution in [0.15, 0.2) is 24.3 Å². The molecule has 2 aromatic rings. The van der Waals surface area contributed by atoms with Crippen LogP contribution >= 0.6 is 0 Å². The summed E-state index contributed by atoms with van der Waals surface area (Å²) in [5.41, 5.74) is 4.04. The smallest absolute Gasteiger partial charge is 0.183 e. The van der Waals surface area contributed by atoms with Gasteiger partial charge in [0.05, 0.1) is 18.7 Å². The Morgan fingerprint density at radius 1 is 1.38 bits per heavy atom. The molecule has 5 nitrogen and oxygen atoms in total. The van der Waals surface area contributed by atoms with Crippen molar-refractivity contribution in [1.82, 2.24) is 15.1 Å². The second kappa shape index (κ2) is 6.32. The van der Waals surface area contributed by atoms with Gasteiger partial charge in [-0.2, -0.15) is 5.10 Å². The molecule has 1 N–H and O–H groups in total. The average molecular weight is 351 g/mol. The van der Waals surface area contributed by atoms with Gasteiger partial charge in [0.1, 0.15) is 5.69 Å². The summed E-state index contributed by atoms with van der Waals surface area (Å²) in [7, 11) is 2.20. The highest BCUT2D eigenvalue weighted by Gasteiger charge is 2.43. The van der Waals surface area contributed by atoms with Crippen LogP contribution < -0.4 is 0 Å². The van der Waals surface area contributed by atoms with Crippen LogP contribution in [0.4, 0.5) is 0 Å². The van der Waals surface area contributed by atoms with Gasteiger partial charge in [-0.15, -0.1) is 0 Å². The Bertz CT molecular complexity index is 883. The van der Waals surface area contributed by atoms with Gasteiger partial charge in [-0.05, 0) is 61.4 Å². The molecule has 3 atom stereocenters. The molecule has 1 saturated heterocycles. The van der Waals surface area contributed by atoms with Crippen molar-refractivity contribution in [3.8, 4) is 0 Å². The lowest BCUT2D eigenvalue weighted by Gasteiger charge is -2.27. The monoisotopic (exact) mass is 351 g/mol. The van der Waals surface area contributed by atoms with Crippen LogP contribution in [0.5, 0.6) is 0 Å². The van der Waals surface area contributed by atoms with E-state index in [9.17, 15) is 4.79 Å². The molecule has 2 fully saturated rings. The molecule has 5 rings (SSSR count). The SMILES string of the molecule is CN1CC2CC1CC2CC(=O)c1n[nH]c2ccc(C3=CCOCC3)cc12. The van der Waals surface area contributed by atoms with Gasteiger partial charge < -0.3 is 9.64 Å². The zero-order valence-corrected chi connectivity index (χ0v) is 15.2. The summed E-state index contributed by atoms with van der Waals surface area (Å²) in [5.74, 6) is 1.40. The van der Waals surface area contributed by atoms with Gasteiger partial charge in [0, 0.05) is 24.4 Å². The Labute approximate surface area is 153 Å². The van der Waals surface area contributed by atoms with Gasteiger partial charge in [-0.25, -0.2) is 0 Å². The summed E-state index contributed by atoms with van der Waals surface area (Å²) in [6.45, 7) is 2.58. The van der Waals surface area contributed by atoms with Gasteiger partial charge in [-0.1, -0.05) is 12.1 Å². The number of carbonyl (C=O) groups excluding carboxylic acids is 1. The molecule has 5 heteroatoms. The number of hydrogen-bond acceptors (Lipinski definition) is 4. The lowest BCUT2D eigenvalue weighted by atomic mass is 9.88. The highest BCUT2D eigenvalue weighted by atomic mass is 16.5. The largest absolute Gasteiger partial charge is 0.377 e. The number of aromatic nitrogens is 2. The second-order valence-electron chi connectivity index (χ2n) is 8.10. The van der Waals surface area contributed by atoms with Crippen molar-refractivity contribution in [2.45, 2.75) is 31.7 Å². The fraction of sp³-hybridized carbons (Fsp3) is 0.524. The summed E-state index contributed by atoms with van der Waals surface area (Å²) in [6.07, 6.45) is 6.11. The van der Waals surface area contributed by atoms with E-state index in [-0.39, 0.29) is 5.78 Å². The number of ether oxygens (including phenoxy) is 1. The van der Waals surface area contributed by atoms with Crippen LogP contribution in [0.3, 0.4) is 0 Å². The Balaban J connectivity index is 1.40. The van der Waals surface area contributed by atoms with E-state index in [0.717, 1.165) is 36.9 Å². The first kappa shape index (κ1) is 16.2. The van der Waals surface area contributed by atoms with Crippen LogP contribution in [-0.4, -0.2) is 53.7 Å². The standard InChI is InChI=1S/C21H25N3O2/c1-24-12-16-9-17(24)8-15(16)11-20(25)21-18-10-14(2-3-19(18)22-23-21)13-4-6-26-7-5-13/h2-4,10,15-17H,5-9,11-12H2,1H3,(H,22,23). The number of benzene rings is 1. The summed E-state index contributed by atoms with van der Waals surface area (Å²) in [5, 5.41) is 8.37. The summed E-state index contributed by atoms with van der Waals surface area (Å²) in [6, 6.07) is 6.95. The molecule has 0 spiro atoms. The topological polar surface area (TPSA) is 58.2 Å². The van der Waals surface area contributed by atoms with Crippen molar-refractivity contribution in [1.29, 1.82) is 0 Å². The van der Waals surface area contributed by atoms with E-state index < -0.39 is 0 Å². The Morgan fingerprint density at radius 2 is 2.31 bits per heavy atom. The van der Waals surface area contributed by atoms with E-state index in [1.807, 2.05) is 6.07 Å². The molecule has 3 unspecified atom stereocenters. The van der Waals surface area contributed by atoms with E-state index in [1.54, 1.807) is 0 Å². The fourth-order valence-corrected chi connectivity index (χ4v) is 5.08. The molecule has 26 heavy (non-hydrogen) atoms. The third-order valence-corrected chi connectivity index (χ3v) is 6.57. The van der Waals surface area contributed by atoms with Gasteiger partial charge in [0.25, 0.3) is 0 Å². The predicted molar refractivity (Wildman–Crippen MR) is 101 cm³/mol. The predicted octanol–water partition coefficient (Wildman–Crippen LogP) is 3.28. The molecule has 1 aromatic carbocycles. The zero-order valence-electron chi connectivity index (χ0n) is 15.2. The van der Waals surface area contributed by atoms with E-state index >= 15 is 0 Å². The molecule has 3 heterocycles. The minimum absolute atomic E-state index is 0.189. The number of ketones is 1. The van der Waals surface area contributed by atoms with Crippen molar-refractivity contribution in [3.63, 3.8) is 0 Å². The maximum absolute atomic E-state index is 13.0. The Kier molecular flexibility index (Phi) is 3.94. The average Bonchev–Trinajstić information content (AvgIpc) is 3.35. The fourth-order valence-electron chi connectivity index (χ4n) is 5.08. The van der Waals surface area contributed by atoms with Crippen molar-refractivity contribution in [2.75, 3.05) is 26.8 Å². The molecular formula is C21H25N3O2. The van der Waals surface area contributed by atoms with Crippen molar-refractivity contribution in [3.05, 3.63) is 35.5 Å². The zero-order chi connectivity index (χ0) is 17.7. The minimum atomic E-state index is 0.189. The number of piperidine rings is 1. The second-order valence-corrected chi connectivity index (χ2v) is 8.10. The molecule has 136 valence electrons. The van der Waals surface area contributed by atoms with Crippen molar-refractivity contribution >= 4 is 22.3 Å². The van der Waals surface area contributed by atoms with Gasteiger partial charge in [-0.3, -0.25) is 9.89 Å². The third kappa shape index (κ3) is 2.70. The number of hydrogen-bond donors (Lipinski definition) is 1. The molecule has 0 radical (unpaired) electrons. The summed E-state index contributed by atoms with van der Waals surface area (Å²) < 4.78 is 5.41. The normalized spacial score (nSPS) is 28.7. The molecular weight excluding hydrogens is 326 g/mol. The quantitative estimate of drug-likeness (QED) is 0.859. The first-order valence-electron chi connectivity index (χ1n) is 9.68. The number of nitrogens with zero attached hydrogens (tertiary/aromatic N) is 2. The van der Waals surface area contributed by atoms with E-state index in [4.69, 9.17) is 4.74 Å². The lowest BCUT2D eigenvalue weighted by molar-refractivity contribution is 0.0927. The van der Waals surface area contributed by atoms with E-state index in [0.29, 0.717) is 36.6 Å². The maximum Gasteiger partial charge on any atom is 0.183 e. The highest BCUT2D eigenvalue weighted by Crippen LogP contribution is 2.43. The van der Waals surface area contributed by atoms with Crippen molar-refractivity contribution in [2.24, 2.45) is 11.8 Å². The molecule has 1 aliphatic carbocycles. The summed E-state index contributed by atoms with van der Waals surface area (Å²) in [4.78, 5) is 15.4. The molecule has 2 bridgehead atoms. The van der Waals surface area contributed by atoms with Crippen molar-refractivity contribution < 1.29 is 9.53 Å².